The van der Waals surface area contributed by atoms with Gasteiger partial charge in [0.05, 0.1) is 12.6 Å². The van der Waals surface area contributed by atoms with E-state index in [1.165, 1.54) is 0 Å². The Balaban J connectivity index is 0.00000264. The second-order valence-corrected chi connectivity index (χ2v) is 5.16. The second kappa shape index (κ2) is 10.2. The summed E-state index contributed by atoms with van der Waals surface area (Å²) in [5, 5.41) is 0. The molecule has 0 saturated carbocycles. The number of halogens is 1. The lowest BCUT2D eigenvalue weighted by atomic mass is 9.96. The van der Waals surface area contributed by atoms with E-state index < -0.39 is 0 Å². The van der Waals surface area contributed by atoms with E-state index in [4.69, 9.17) is 4.74 Å². The van der Waals surface area contributed by atoms with E-state index in [1.807, 2.05) is 60.7 Å². The van der Waals surface area contributed by atoms with Gasteiger partial charge in [-0.2, -0.15) is 0 Å². The van der Waals surface area contributed by atoms with Gasteiger partial charge in [-0.15, -0.1) is 12.4 Å². The molecule has 0 fully saturated rings. The number of carbonyl (C=O) groups excluding carboxylic acids is 1. The minimum Gasteiger partial charge on any atom is -0.383 e. The highest BCUT2D eigenvalue weighted by Gasteiger charge is 2.27. The van der Waals surface area contributed by atoms with Gasteiger partial charge in [0.25, 0.3) is 0 Å². The molecule has 0 aliphatic carbocycles. The fourth-order valence-corrected chi connectivity index (χ4v) is 2.60. The van der Waals surface area contributed by atoms with Crippen LogP contribution in [0.4, 0.5) is 0 Å². The van der Waals surface area contributed by atoms with Crippen LogP contribution in [0.2, 0.25) is 0 Å². The summed E-state index contributed by atoms with van der Waals surface area (Å²) >= 11 is 0. The summed E-state index contributed by atoms with van der Waals surface area (Å²) in [5.74, 6) is 0.129. The molecule has 0 aliphatic rings. The van der Waals surface area contributed by atoms with E-state index in [9.17, 15) is 4.79 Å². The maximum Gasteiger partial charge on any atom is 0.184 e. The first kappa shape index (κ1) is 19.4. The molecule has 2 rings (SSSR count). The zero-order valence-electron chi connectivity index (χ0n) is 13.6. The van der Waals surface area contributed by atoms with Gasteiger partial charge in [-0.1, -0.05) is 67.6 Å². The Kier molecular flexibility index (Phi) is 8.56. The molecule has 0 amide bonds. The fourth-order valence-electron chi connectivity index (χ4n) is 2.60. The number of hydrogen-bond donors (Lipinski definition) is 0. The average molecular weight is 334 g/mol. The molecule has 2 aromatic rings. The van der Waals surface area contributed by atoms with E-state index in [-0.39, 0.29) is 24.2 Å². The second-order valence-electron chi connectivity index (χ2n) is 5.16. The minimum atomic E-state index is -0.274. The van der Waals surface area contributed by atoms with Crippen LogP contribution in [0.5, 0.6) is 0 Å². The lowest BCUT2D eigenvalue weighted by Crippen LogP contribution is -2.36. The zero-order valence-corrected chi connectivity index (χ0v) is 14.5. The summed E-state index contributed by atoms with van der Waals surface area (Å²) in [7, 11) is 1.68. The third kappa shape index (κ3) is 5.17. The molecule has 4 heteroatoms. The number of carbonyl (C=O) groups is 1. The maximum absolute atomic E-state index is 13.0. The molecule has 0 saturated heterocycles. The molecule has 0 heterocycles. The Bertz CT molecular complexity index is 574. The van der Waals surface area contributed by atoms with Crippen LogP contribution in [0.1, 0.15) is 28.9 Å². The van der Waals surface area contributed by atoms with E-state index in [2.05, 4.69) is 11.8 Å². The first-order valence-electron chi connectivity index (χ1n) is 7.65. The van der Waals surface area contributed by atoms with Crippen LogP contribution in [-0.2, 0) is 4.74 Å². The van der Waals surface area contributed by atoms with Gasteiger partial charge in [-0.3, -0.25) is 9.69 Å². The molecular formula is C19H24ClNO2. The predicted molar refractivity (Wildman–Crippen MR) is 96.3 cm³/mol. The monoisotopic (exact) mass is 333 g/mol. The summed E-state index contributed by atoms with van der Waals surface area (Å²) < 4.78 is 5.19. The van der Waals surface area contributed by atoms with Gasteiger partial charge in [0.15, 0.2) is 5.78 Å². The van der Waals surface area contributed by atoms with Crippen LogP contribution in [-0.4, -0.2) is 37.5 Å². The number of ketones is 1. The Morgan fingerprint density at radius 1 is 1.04 bits per heavy atom. The maximum atomic E-state index is 13.0. The van der Waals surface area contributed by atoms with Gasteiger partial charge in [0.1, 0.15) is 0 Å². The molecule has 0 N–H and O–H groups in total. The fraction of sp³-hybridized carbons (Fsp3) is 0.316. The molecular weight excluding hydrogens is 310 g/mol. The number of hydrogen-bond acceptors (Lipinski definition) is 3. The highest BCUT2D eigenvalue weighted by Crippen LogP contribution is 2.25. The zero-order chi connectivity index (χ0) is 15.8. The number of Topliss-reactive ketones (excluding diaryl/α,β-unsaturated/α-hetero) is 1. The first-order valence-corrected chi connectivity index (χ1v) is 7.65. The van der Waals surface area contributed by atoms with Crippen molar-refractivity contribution in [2.24, 2.45) is 0 Å². The Hall–Kier alpha value is -1.68. The van der Waals surface area contributed by atoms with E-state index in [1.54, 1.807) is 7.11 Å². The van der Waals surface area contributed by atoms with Gasteiger partial charge in [0.2, 0.25) is 0 Å². The SMILES string of the molecule is CCN(CCOC)C(C(=O)c1ccccc1)c1ccccc1.Cl. The Labute approximate surface area is 144 Å². The molecule has 1 unspecified atom stereocenters. The number of benzene rings is 2. The normalized spacial score (nSPS) is 11.8. The van der Waals surface area contributed by atoms with Crippen molar-refractivity contribution in [3.63, 3.8) is 0 Å². The standard InChI is InChI=1S/C19H23NO2.ClH/c1-3-20(14-15-22-2)18(16-10-6-4-7-11-16)19(21)17-12-8-5-9-13-17;/h4-13,18H,3,14-15H2,1-2H3;1H. The lowest BCUT2D eigenvalue weighted by Gasteiger charge is -2.30. The van der Waals surface area contributed by atoms with Crippen molar-refractivity contribution in [1.29, 1.82) is 0 Å². The van der Waals surface area contributed by atoms with Crippen molar-refractivity contribution < 1.29 is 9.53 Å². The average Bonchev–Trinajstić information content (AvgIpc) is 2.59. The summed E-state index contributed by atoms with van der Waals surface area (Å²) in [6, 6.07) is 19.2. The van der Waals surface area contributed by atoms with Crippen LogP contribution in [0.15, 0.2) is 60.7 Å². The Morgan fingerprint density at radius 2 is 1.61 bits per heavy atom. The number of nitrogens with zero attached hydrogens (tertiary/aromatic N) is 1. The van der Waals surface area contributed by atoms with Crippen LogP contribution >= 0.6 is 12.4 Å². The molecule has 124 valence electrons. The summed E-state index contributed by atoms with van der Waals surface area (Å²) in [6.45, 7) is 4.20. The number of likely N-dealkylation sites (N-methyl/N-ethyl adjacent to an activating group) is 1. The van der Waals surface area contributed by atoms with Crippen molar-refractivity contribution in [2.75, 3.05) is 26.8 Å². The lowest BCUT2D eigenvalue weighted by molar-refractivity contribution is 0.0761. The molecule has 0 aromatic heterocycles. The summed E-state index contributed by atoms with van der Waals surface area (Å²) in [5.41, 5.74) is 1.77. The van der Waals surface area contributed by atoms with Gasteiger partial charge in [-0.05, 0) is 12.1 Å². The van der Waals surface area contributed by atoms with E-state index in [0.29, 0.717) is 6.61 Å². The highest BCUT2D eigenvalue weighted by atomic mass is 35.5. The third-order valence-electron chi connectivity index (χ3n) is 3.78. The number of methoxy groups -OCH3 is 1. The first-order chi connectivity index (χ1) is 10.8. The molecule has 23 heavy (non-hydrogen) atoms. The van der Waals surface area contributed by atoms with Crippen LogP contribution in [0, 0.1) is 0 Å². The quantitative estimate of drug-likeness (QED) is 0.684. The highest BCUT2D eigenvalue weighted by molar-refractivity contribution is 6.00. The van der Waals surface area contributed by atoms with Crippen LogP contribution < -0.4 is 0 Å². The molecule has 0 bridgehead atoms. The van der Waals surface area contributed by atoms with Gasteiger partial charge >= 0.3 is 0 Å². The van der Waals surface area contributed by atoms with Crippen LogP contribution in [0.25, 0.3) is 0 Å². The van der Waals surface area contributed by atoms with Gasteiger partial charge in [0, 0.05) is 19.2 Å². The molecule has 1 atom stereocenters. The molecule has 0 spiro atoms. The third-order valence-corrected chi connectivity index (χ3v) is 3.78. The van der Waals surface area contributed by atoms with E-state index >= 15 is 0 Å². The van der Waals surface area contributed by atoms with Crippen molar-refractivity contribution in [3.8, 4) is 0 Å². The minimum absolute atomic E-state index is 0. The molecule has 0 radical (unpaired) electrons. The Morgan fingerprint density at radius 3 is 2.13 bits per heavy atom. The largest absolute Gasteiger partial charge is 0.383 e. The summed E-state index contributed by atoms with van der Waals surface area (Å²) in [6.07, 6.45) is 0. The molecule has 3 nitrogen and oxygen atoms in total. The van der Waals surface area contributed by atoms with E-state index in [0.717, 1.165) is 24.2 Å². The molecule has 2 aromatic carbocycles. The van der Waals surface area contributed by atoms with Crippen molar-refractivity contribution >= 4 is 18.2 Å². The number of rotatable bonds is 8. The van der Waals surface area contributed by atoms with Crippen LogP contribution in [0.3, 0.4) is 0 Å². The predicted octanol–water partition coefficient (Wildman–Crippen LogP) is 4.00. The molecule has 0 aliphatic heterocycles. The van der Waals surface area contributed by atoms with Gasteiger partial charge in [-0.25, -0.2) is 0 Å². The number of ether oxygens (including phenoxy) is 1. The van der Waals surface area contributed by atoms with Crippen molar-refractivity contribution in [2.45, 2.75) is 13.0 Å². The van der Waals surface area contributed by atoms with Crippen molar-refractivity contribution in [3.05, 3.63) is 71.8 Å². The van der Waals surface area contributed by atoms with Gasteiger partial charge < -0.3 is 4.74 Å². The topological polar surface area (TPSA) is 29.5 Å². The summed E-state index contributed by atoms with van der Waals surface area (Å²) in [4.78, 5) is 15.2. The smallest absolute Gasteiger partial charge is 0.184 e. The van der Waals surface area contributed by atoms with Crippen molar-refractivity contribution in [1.82, 2.24) is 4.90 Å².